The Morgan fingerprint density at radius 2 is 1.64 bits per heavy atom. The van der Waals surface area contributed by atoms with E-state index in [9.17, 15) is 22.8 Å². The summed E-state index contributed by atoms with van der Waals surface area (Å²) in [4.78, 5) is 38.6. The van der Waals surface area contributed by atoms with Gasteiger partial charge < -0.3 is 4.18 Å². The number of barbiturate groups is 1. The number of carbonyl (C=O) groups excluding carboxylic acids is 3. The van der Waals surface area contributed by atoms with E-state index < -0.39 is 28.0 Å². The molecule has 4 rings (SSSR count). The number of imide groups is 2. The van der Waals surface area contributed by atoms with Crippen molar-refractivity contribution in [2.24, 2.45) is 0 Å². The van der Waals surface area contributed by atoms with Crippen molar-refractivity contribution >= 4 is 78.9 Å². The van der Waals surface area contributed by atoms with Crippen LogP contribution in [0.4, 0.5) is 10.5 Å². The van der Waals surface area contributed by atoms with E-state index in [0.717, 1.165) is 10.5 Å². The van der Waals surface area contributed by atoms with Crippen LogP contribution in [0.15, 0.2) is 75.6 Å². The molecule has 12 heteroatoms. The summed E-state index contributed by atoms with van der Waals surface area (Å²) >= 11 is 15.2. The average Bonchev–Trinajstić information content (AvgIpc) is 2.81. The summed E-state index contributed by atoms with van der Waals surface area (Å²) in [6.45, 7) is 1.83. The number of amides is 4. The van der Waals surface area contributed by atoms with Gasteiger partial charge >= 0.3 is 16.1 Å². The number of hydrogen-bond donors (Lipinski definition) is 1. The molecule has 0 saturated carbocycles. The van der Waals surface area contributed by atoms with Crippen molar-refractivity contribution in [2.75, 3.05) is 4.90 Å². The lowest BCUT2D eigenvalue weighted by atomic mass is 10.1. The molecule has 1 aliphatic heterocycles. The highest BCUT2D eigenvalue weighted by Crippen LogP contribution is 2.32. The number of hydrogen-bond acceptors (Lipinski definition) is 6. The molecule has 1 saturated heterocycles. The second-order valence-corrected chi connectivity index (χ2v) is 10.8. The molecule has 1 heterocycles. The van der Waals surface area contributed by atoms with Crippen molar-refractivity contribution in [3.05, 3.63) is 91.9 Å². The van der Waals surface area contributed by atoms with Crippen LogP contribution in [0.2, 0.25) is 10.0 Å². The highest BCUT2D eigenvalue weighted by Gasteiger charge is 2.37. The number of halogens is 3. The smallest absolute Gasteiger partial charge is 0.339 e. The zero-order chi connectivity index (χ0) is 26.2. The Hall–Kier alpha value is -3.18. The minimum absolute atomic E-state index is 0.00441. The fourth-order valence-electron chi connectivity index (χ4n) is 3.23. The largest absolute Gasteiger partial charge is 0.378 e. The molecule has 0 bridgehead atoms. The van der Waals surface area contributed by atoms with Gasteiger partial charge in [-0.05, 0) is 77.0 Å². The number of rotatable bonds is 5. The van der Waals surface area contributed by atoms with Crippen LogP contribution < -0.4 is 14.4 Å². The van der Waals surface area contributed by atoms with Crippen LogP contribution in [0, 0.1) is 6.92 Å². The van der Waals surface area contributed by atoms with E-state index in [2.05, 4.69) is 21.2 Å². The fourth-order valence-corrected chi connectivity index (χ4v) is 5.05. The van der Waals surface area contributed by atoms with Gasteiger partial charge in [-0.25, -0.2) is 9.69 Å². The molecule has 4 amide bonds. The third-order valence-electron chi connectivity index (χ3n) is 5.04. The Labute approximate surface area is 224 Å². The van der Waals surface area contributed by atoms with Crippen molar-refractivity contribution in [2.45, 2.75) is 11.8 Å². The number of nitrogens with one attached hydrogen (secondary N) is 1. The molecule has 0 radical (unpaired) electrons. The van der Waals surface area contributed by atoms with Gasteiger partial charge in [-0.15, -0.1) is 0 Å². The third kappa shape index (κ3) is 5.31. The van der Waals surface area contributed by atoms with Crippen LogP contribution in [0.1, 0.15) is 11.1 Å². The van der Waals surface area contributed by atoms with Crippen LogP contribution in [-0.2, 0) is 19.7 Å². The van der Waals surface area contributed by atoms with E-state index in [-0.39, 0.29) is 36.4 Å². The Balaban J connectivity index is 1.62. The Morgan fingerprint density at radius 3 is 2.28 bits per heavy atom. The third-order valence-corrected chi connectivity index (χ3v) is 7.65. The van der Waals surface area contributed by atoms with Crippen LogP contribution in [0.5, 0.6) is 5.75 Å². The molecule has 0 spiro atoms. The number of urea groups is 1. The SMILES string of the molecule is Cc1ccc(S(=O)(=O)Oc2ccc(/C=C3\C(=O)NC(=O)N(c4ccc(Cl)c(Cl)c4)C3=O)cc2Br)cc1. The second kappa shape index (κ2) is 10.1. The first-order valence-electron chi connectivity index (χ1n) is 10.1. The summed E-state index contributed by atoms with van der Waals surface area (Å²) in [6, 6.07) is 13.7. The summed E-state index contributed by atoms with van der Waals surface area (Å²) in [6.07, 6.45) is 1.26. The van der Waals surface area contributed by atoms with Gasteiger partial charge in [0.05, 0.1) is 20.2 Å². The molecule has 0 aromatic heterocycles. The van der Waals surface area contributed by atoms with E-state index in [1.165, 1.54) is 54.6 Å². The molecule has 184 valence electrons. The van der Waals surface area contributed by atoms with Crippen LogP contribution in [0.3, 0.4) is 0 Å². The predicted molar refractivity (Wildman–Crippen MR) is 139 cm³/mol. The molecule has 3 aromatic rings. The Bertz CT molecular complexity index is 1560. The van der Waals surface area contributed by atoms with Gasteiger partial charge in [0, 0.05) is 0 Å². The molecular formula is C24H15BrCl2N2O6S. The van der Waals surface area contributed by atoms with E-state index in [1.807, 2.05) is 6.92 Å². The van der Waals surface area contributed by atoms with Crippen LogP contribution in [-0.4, -0.2) is 26.3 Å². The van der Waals surface area contributed by atoms with Crippen molar-refractivity contribution in [1.82, 2.24) is 5.32 Å². The molecular weight excluding hydrogens is 595 g/mol. The van der Waals surface area contributed by atoms with Crippen molar-refractivity contribution in [1.29, 1.82) is 0 Å². The van der Waals surface area contributed by atoms with E-state index in [4.69, 9.17) is 27.4 Å². The number of aryl methyl sites for hydroxylation is 1. The minimum atomic E-state index is -4.09. The standard InChI is InChI=1S/C24H15BrCl2N2O6S/c1-13-2-6-16(7-3-13)36(33,34)35-21-9-4-14(11-18(21)25)10-17-22(30)28-24(32)29(23(17)31)15-5-8-19(26)20(27)12-15/h2-12H,1H3,(H,28,30,32)/b17-10+. The summed E-state index contributed by atoms with van der Waals surface area (Å²) in [5, 5.41) is 2.46. The lowest BCUT2D eigenvalue weighted by molar-refractivity contribution is -0.122. The number of anilines is 1. The van der Waals surface area contributed by atoms with E-state index in [0.29, 0.717) is 5.56 Å². The highest BCUT2D eigenvalue weighted by molar-refractivity contribution is 9.10. The van der Waals surface area contributed by atoms with Crippen LogP contribution in [0.25, 0.3) is 6.08 Å². The number of benzene rings is 3. The van der Waals surface area contributed by atoms with Gasteiger partial charge in [0.25, 0.3) is 11.8 Å². The van der Waals surface area contributed by atoms with Crippen molar-refractivity contribution in [3.8, 4) is 5.75 Å². The van der Waals surface area contributed by atoms with Gasteiger partial charge in [-0.3, -0.25) is 14.9 Å². The lowest BCUT2D eigenvalue weighted by Gasteiger charge is -2.26. The predicted octanol–water partition coefficient (Wildman–Crippen LogP) is 5.50. The Morgan fingerprint density at radius 1 is 0.944 bits per heavy atom. The van der Waals surface area contributed by atoms with Gasteiger partial charge in [-0.1, -0.05) is 47.0 Å². The van der Waals surface area contributed by atoms with Gasteiger partial charge in [0.1, 0.15) is 10.5 Å². The first-order chi connectivity index (χ1) is 17.0. The Kier molecular flexibility index (Phi) is 7.24. The summed E-state index contributed by atoms with van der Waals surface area (Å²) < 4.78 is 30.7. The topological polar surface area (TPSA) is 110 Å². The zero-order valence-corrected chi connectivity index (χ0v) is 22.2. The second-order valence-electron chi connectivity index (χ2n) is 7.60. The van der Waals surface area contributed by atoms with E-state index >= 15 is 0 Å². The number of nitrogens with zero attached hydrogens (tertiary/aromatic N) is 1. The highest BCUT2D eigenvalue weighted by atomic mass is 79.9. The van der Waals surface area contributed by atoms with Crippen molar-refractivity contribution < 1.29 is 27.0 Å². The quantitative estimate of drug-likeness (QED) is 0.232. The van der Waals surface area contributed by atoms with E-state index in [1.54, 1.807) is 12.1 Å². The average molecular weight is 610 g/mol. The molecule has 1 fully saturated rings. The van der Waals surface area contributed by atoms with Crippen molar-refractivity contribution in [3.63, 3.8) is 0 Å². The maximum Gasteiger partial charge on any atom is 0.339 e. The molecule has 3 aromatic carbocycles. The summed E-state index contributed by atoms with van der Waals surface area (Å²) in [7, 11) is -4.09. The normalized spacial score (nSPS) is 15.3. The minimum Gasteiger partial charge on any atom is -0.378 e. The molecule has 0 aliphatic carbocycles. The molecule has 1 aliphatic rings. The van der Waals surface area contributed by atoms with Gasteiger partial charge in [0.15, 0.2) is 5.75 Å². The first-order valence-corrected chi connectivity index (χ1v) is 13.1. The van der Waals surface area contributed by atoms with Gasteiger partial charge in [-0.2, -0.15) is 8.42 Å². The maximum atomic E-state index is 13.1. The lowest BCUT2D eigenvalue weighted by Crippen LogP contribution is -2.54. The van der Waals surface area contributed by atoms with Crippen LogP contribution >= 0.6 is 39.1 Å². The van der Waals surface area contributed by atoms with Gasteiger partial charge in [0.2, 0.25) is 0 Å². The monoisotopic (exact) mass is 608 g/mol. The molecule has 1 N–H and O–H groups in total. The molecule has 0 atom stereocenters. The molecule has 36 heavy (non-hydrogen) atoms. The maximum absolute atomic E-state index is 13.1. The number of carbonyl (C=O) groups is 3. The summed E-state index contributed by atoms with van der Waals surface area (Å²) in [5.41, 5.74) is 1.06. The fraction of sp³-hybridized carbons (Fsp3) is 0.0417. The first kappa shape index (κ1) is 25.9. The molecule has 0 unspecified atom stereocenters. The zero-order valence-electron chi connectivity index (χ0n) is 18.3. The summed E-state index contributed by atoms with van der Waals surface area (Å²) in [5.74, 6) is -1.76. The molecule has 8 nitrogen and oxygen atoms in total.